The molecular formula is C61H34. The van der Waals surface area contributed by atoms with Crippen LogP contribution in [0.5, 0.6) is 0 Å². The Balaban J connectivity index is 1.22. The van der Waals surface area contributed by atoms with Gasteiger partial charge in [0, 0.05) is 0 Å². The summed E-state index contributed by atoms with van der Waals surface area (Å²) >= 11 is 0. The van der Waals surface area contributed by atoms with Crippen LogP contribution in [-0.4, -0.2) is 0 Å². The first kappa shape index (κ1) is 14.4. The number of rotatable bonds is 2. The minimum Gasteiger partial charge on any atom is -0.0619 e. The molecule has 0 saturated carbocycles. The van der Waals surface area contributed by atoms with Crippen LogP contribution in [0.1, 0.15) is 67.5 Å². The lowest BCUT2D eigenvalue weighted by atomic mass is 9.70. The van der Waals surface area contributed by atoms with Crippen molar-refractivity contribution < 1.29 is 45.2 Å². The number of hydrogen-bond acceptors (Lipinski definition) is 0. The Morgan fingerprint density at radius 3 is 1.36 bits per heavy atom. The van der Waals surface area contributed by atoms with E-state index in [1.54, 1.807) is 0 Å². The number of hydrogen-bond donors (Lipinski definition) is 0. The summed E-state index contributed by atoms with van der Waals surface area (Å²) in [5, 5.41) is -6.74. The van der Waals surface area contributed by atoms with Crippen LogP contribution in [0.2, 0.25) is 0 Å². The van der Waals surface area contributed by atoms with Crippen molar-refractivity contribution in [1.82, 2.24) is 0 Å². The molecule has 0 amide bonds. The van der Waals surface area contributed by atoms with Crippen molar-refractivity contribution in [3.05, 3.63) is 228 Å². The lowest BCUT2D eigenvalue weighted by Gasteiger charge is -2.31. The van der Waals surface area contributed by atoms with Crippen LogP contribution in [0.4, 0.5) is 0 Å². The Labute approximate surface area is 398 Å². The molecule has 278 valence electrons. The van der Waals surface area contributed by atoms with E-state index in [2.05, 4.69) is 0 Å². The van der Waals surface area contributed by atoms with Crippen LogP contribution in [0.15, 0.2) is 205 Å². The average molecular weight is 800 g/mol. The highest BCUT2D eigenvalue weighted by molar-refractivity contribution is 6.27. The summed E-state index contributed by atoms with van der Waals surface area (Å²) in [4.78, 5) is 0. The van der Waals surface area contributed by atoms with E-state index in [9.17, 15) is 31.5 Å². The second-order valence-electron chi connectivity index (χ2n) is 14.8. The van der Waals surface area contributed by atoms with Crippen molar-refractivity contribution in [2.24, 2.45) is 0 Å². The summed E-state index contributed by atoms with van der Waals surface area (Å²) < 4.78 is 312. The van der Waals surface area contributed by atoms with E-state index in [4.69, 9.17) is 13.7 Å². The minimum absolute atomic E-state index is 0.312. The summed E-state index contributed by atoms with van der Waals surface area (Å²) in [6.07, 6.45) is 0. The molecule has 0 atom stereocenters. The first-order valence-corrected chi connectivity index (χ1v) is 18.8. The molecular weight excluding hydrogens is 733 g/mol. The van der Waals surface area contributed by atoms with Gasteiger partial charge in [-0.3, -0.25) is 0 Å². The van der Waals surface area contributed by atoms with Gasteiger partial charge in [0.15, 0.2) is 0 Å². The first-order valence-electron chi connectivity index (χ1n) is 35.3. The molecule has 0 unspecified atom stereocenters. The van der Waals surface area contributed by atoms with Crippen LogP contribution in [0.3, 0.4) is 0 Å². The Kier molecular flexibility index (Phi) is 2.67. The number of benzene rings is 13. The van der Waals surface area contributed by atoms with E-state index < -0.39 is 325 Å². The Hall–Kier alpha value is -7.80. The summed E-state index contributed by atoms with van der Waals surface area (Å²) in [6.45, 7) is 0. The standard InChI is InChI=1S/C61H34/c1-3-16-52-46(12-1)47-13-2-4-17-53(47)61(52)54-33-32-45-43(44-28-23-40-21-19-36-9-6-11-38-25-30-50(44)59(40)57(36)38)14-7-15-48(45)60(54)51-31-26-41(34-55(51)61)42-27-22-39-20-18-35-8-5-10-37-24-29-49(42)58(39)56(35)37/h1-34H/i1D,2D,3D,4D,5D,6D,7D,8D,9D,10D,11D,12D,13D,14D,15D,16D,17D,18D,19D,20D,21D,22D,23D,24D,25D,26D,27D,28D,29D,30D,31D,32D,33D. The zero-order valence-corrected chi connectivity index (χ0v) is 30.6. The molecule has 0 saturated heterocycles. The molecule has 2 aliphatic rings. The van der Waals surface area contributed by atoms with Gasteiger partial charge in [0.05, 0.1) is 50.7 Å². The van der Waals surface area contributed by atoms with E-state index in [0.717, 1.165) is 6.07 Å². The molecule has 0 N–H and O–H groups in total. The largest absolute Gasteiger partial charge is 0.0725 e. The summed E-state index contributed by atoms with van der Waals surface area (Å²) in [5.74, 6) is 0. The van der Waals surface area contributed by atoms with Gasteiger partial charge in [0.2, 0.25) is 0 Å². The molecule has 13 aromatic carbocycles. The fourth-order valence-electron chi connectivity index (χ4n) is 9.68. The predicted octanol–water partition coefficient (Wildman–Crippen LogP) is 16.3. The zero-order chi connectivity index (χ0) is 68.3. The smallest absolute Gasteiger partial charge is 0.0619 e. The van der Waals surface area contributed by atoms with Crippen molar-refractivity contribution >= 4 is 75.4 Å². The van der Waals surface area contributed by atoms with Gasteiger partial charge in [-0.15, -0.1) is 0 Å². The van der Waals surface area contributed by atoms with Gasteiger partial charge >= 0.3 is 0 Å². The van der Waals surface area contributed by atoms with Crippen molar-refractivity contribution in [2.45, 2.75) is 5.41 Å². The third-order valence-electron chi connectivity index (χ3n) is 12.1. The minimum atomic E-state index is -2.90. The summed E-state index contributed by atoms with van der Waals surface area (Å²) in [5.41, 5.74) is -10.7. The summed E-state index contributed by atoms with van der Waals surface area (Å²) in [6, 6.07) is -28.4. The predicted molar refractivity (Wildman–Crippen MR) is 259 cm³/mol. The fraction of sp³-hybridized carbons (Fsp3) is 0.0164. The maximum atomic E-state index is 10.5. The molecule has 2 aliphatic carbocycles. The molecule has 0 radical (unpaired) electrons. The molecule has 0 heteroatoms. The van der Waals surface area contributed by atoms with Gasteiger partial charge in [-0.1, -0.05) is 199 Å². The van der Waals surface area contributed by atoms with Gasteiger partial charge < -0.3 is 0 Å². The Morgan fingerprint density at radius 1 is 0.262 bits per heavy atom. The highest BCUT2D eigenvalue weighted by Crippen LogP contribution is 2.64. The van der Waals surface area contributed by atoms with Gasteiger partial charge in [0.1, 0.15) is 0 Å². The van der Waals surface area contributed by atoms with Gasteiger partial charge in [-0.25, -0.2) is 0 Å². The third kappa shape index (κ3) is 3.88. The van der Waals surface area contributed by atoms with E-state index in [1.807, 2.05) is 0 Å². The van der Waals surface area contributed by atoms with Crippen LogP contribution < -0.4 is 0 Å². The van der Waals surface area contributed by atoms with E-state index >= 15 is 0 Å². The molecule has 0 nitrogen and oxygen atoms in total. The van der Waals surface area contributed by atoms with Crippen molar-refractivity contribution in [2.75, 3.05) is 0 Å². The van der Waals surface area contributed by atoms with E-state index in [0.29, 0.717) is 0 Å². The first-order chi connectivity index (χ1) is 44.0. The van der Waals surface area contributed by atoms with Gasteiger partial charge in [-0.2, -0.15) is 0 Å². The maximum absolute atomic E-state index is 10.5. The SMILES string of the molecule is [2H]c1c(-c2c([2H])c([2H])c3c([2H])c([2H])c4c([2H])c([2H])c([2H])c5c([2H])c([2H])c2c3c45)cc2c(c1[2H])-c1c(c([2H])c([2H])c3c(-c4c([2H])c([2H])c5c([2H])c([2H])c6c([2H])c([2H])c([2H])c7c([2H])c([2H])c4c5c67)c([2H])c([2H])c([2H])c13)C21c2c([2H])c([2H])c([2H])c([2H])c2-c2c([2H])c([2H])c([2H])c([2H])c21. The van der Waals surface area contributed by atoms with Crippen LogP contribution in [-0.2, 0) is 5.41 Å². The third-order valence-corrected chi connectivity index (χ3v) is 12.1. The fourth-order valence-corrected chi connectivity index (χ4v) is 9.68. The molecule has 61 heavy (non-hydrogen) atoms. The maximum Gasteiger partial charge on any atom is 0.0725 e. The molecule has 0 aromatic heterocycles. The van der Waals surface area contributed by atoms with Crippen LogP contribution in [0, 0.1) is 0 Å². The van der Waals surface area contributed by atoms with Gasteiger partial charge in [-0.05, 0) is 148 Å². The van der Waals surface area contributed by atoms with Crippen molar-refractivity contribution in [1.29, 1.82) is 0 Å². The van der Waals surface area contributed by atoms with Crippen LogP contribution in [0.25, 0.3) is 120 Å². The molecule has 0 aliphatic heterocycles. The highest BCUT2D eigenvalue weighted by Gasteiger charge is 2.52. The molecule has 0 heterocycles. The lowest BCUT2D eigenvalue weighted by molar-refractivity contribution is 0.795. The second kappa shape index (κ2) is 11.3. The zero-order valence-electron chi connectivity index (χ0n) is 63.6. The highest BCUT2D eigenvalue weighted by atomic mass is 14.5. The lowest BCUT2D eigenvalue weighted by Crippen LogP contribution is -2.25. The molecule has 15 rings (SSSR count). The molecule has 0 fully saturated rings. The molecule has 1 spiro atoms. The van der Waals surface area contributed by atoms with E-state index in [-0.39, 0.29) is 21.5 Å². The number of fused-ring (bicyclic) bond motifs is 12. The molecule has 0 bridgehead atoms. The van der Waals surface area contributed by atoms with Crippen LogP contribution >= 0.6 is 0 Å². The summed E-state index contributed by atoms with van der Waals surface area (Å²) in [7, 11) is 0. The Bertz CT molecular complexity index is 5890. The second-order valence-corrected chi connectivity index (χ2v) is 14.8. The molecule has 13 aromatic rings. The Morgan fingerprint density at radius 2 is 0.721 bits per heavy atom. The average Bonchev–Trinajstić information content (AvgIpc) is 1.44. The quantitative estimate of drug-likeness (QED) is 0.153. The topological polar surface area (TPSA) is 0 Å². The van der Waals surface area contributed by atoms with Gasteiger partial charge in [0.25, 0.3) is 0 Å². The normalized spacial score (nSPS) is 21.3. The van der Waals surface area contributed by atoms with E-state index in [1.165, 1.54) is 0 Å². The van der Waals surface area contributed by atoms with Crippen molar-refractivity contribution in [3.8, 4) is 44.5 Å². The van der Waals surface area contributed by atoms with Crippen molar-refractivity contribution in [3.63, 3.8) is 0 Å². The monoisotopic (exact) mass is 799 g/mol.